The van der Waals surface area contributed by atoms with Crippen LogP contribution in [-0.2, 0) is 9.59 Å². The molecule has 0 spiro atoms. The van der Waals surface area contributed by atoms with Crippen molar-refractivity contribution in [2.45, 2.75) is 0 Å². The van der Waals surface area contributed by atoms with Gasteiger partial charge in [-0.15, -0.1) is 5.10 Å². The van der Waals surface area contributed by atoms with Gasteiger partial charge >= 0.3 is 0 Å². The fourth-order valence-corrected chi connectivity index (χ4v) is 0.420. The molecule has 1 aliphatic heterocycles. The van der Waals surface area contributed by atoms with Crippen LogP contribution in [0.2, 0.25) is 0 Å². The van der Waals surface area contributed by atoms with Crippen LogP contribution in [0.15, 0.2) is 10.2 Å². The summed E-state index contributed by atoms with van der Waals surface area (Å²) in [6.07, 6.45) is 0.945. The maximum absolute atomic E-state index is 10.4. The molecular weight excluding hydrogens is 122 g/mol. The molecule has 0 atom stereocenters. The van der Waals surface area contributed by atoms with Gasteiger partial charge in [-0.25, -0.2) is 0 Å². The van der Waals surface area contributed by atoms with E-state index in [-0.39, 0.29) is 5.71 Å². The number of hydrogen-bond acceptors (Lipinski definition) is 4. The highest BCUT2D eigenvalue weighted by Gasteiger charge is 2.18. The number of hydrogen-bond donors (Lipinski definition) is 1. The third-order valence-electron chi connectivity index (χ3n) is 0.800. The van der Waals surface area contributed by atoms with Crippen LogP contribution in [0.4, 0.5) is 0 Å². The predicted molar refractivity (Wildman–Crippen MR) is 30.1 cm³/mol. The minimum absolute atomic E-state index is 0.296. The van der Waals surface area contributed by atoms with Crippen molar-refractivity contribution in [2.75, 3.05) is 0 Å². The van der Waals surface area contributed by atoms with E-state index in [0.717, 1.165) is 6.21 Å². The Morgan fingerprint density at radius 3 is 2.56 bits per heavy atom. The van der Waals surface area contributed by atoms with Crippen LogP contribution in [0.25, 0.3) is 0 Å². The molecule has 0 bridgehead atoms. The zero-order chi connectivity index (χ0) is 6.85. The van der Waals surface area contributed by atoms with Crippen LogP contribution >= 0.6 is 0 Å². The van der Waals surface area contributed by atoms with Crippen LogP contribution in [0, 0.1) is 0 Å². The molecule has 0 radical (unpaired) electrons. The molecule has 0 aromatic rings. The first-order valence-corrected chi connectivity index (χ1v) is 2.17. The number of Topliss-reactive ketones (excluding diaryl/α,β-unsaturated/α-hetero) is 1. The van der Waals surface area contributed by atoms with E-state index in [4.69, 9.17) is 5.73 Å². The Labute approximate surface area is 50.3 Å². The van der Waals surface area contributed by atoms with E-state index in [1.54, 1.807) is 0 Å². The highest BCUT2D eigenvalue weighted by Crippen LogP contribution is 1.88. The molecule has 0 aromatic heterocycles. The summed E-state index contributed by atoms with van der Waals surface area (Å²) in [6, 6.07) is 0. The minimum atomic E-state index is -0.836. The van der Waals surface area contributed by atoms with Crippen molar-refractivity contribution in [2.24, 2.45) is 15.9 Å². The molecular formula is C4H3N3O2. The molecule has 1 aliphatic rings. The highest BCUT2D eigenvalue weighted by atomic mass is 16.2. The maximum atomic E-state index is 10.4. The largest absolute Gasteiger partial charge is 0.364 e. The molecule has 1 heterocycles. The average molecular weight is 125 g/mol. The molecule has 0 unspecified atom stereocenters. The van der Waals surface area contributed by atoms with Gasteiger partial charge in [0.2, 0.25) is 5.78 Å². The summed E-state index contributed by atoms with van der Waals surface area (Å²) in [5.41, 5.74) is 4.42. The quantitative estimate of drug-likeness (QED) is 0.461. The van der Waals surface area contributed by atoms with Crippen LogP contribution in [-0.4, -0.2) is 23.6 Å². The monoisotopic (exact) mass is 125 g/mol. The number of ketones is 1. The van der Waals surface area contributed by atoms with Gasteiger partial charge in [0.15, 0.2) is 5.71 Å². The van der Waals surface area contributed by atoms with E-state index in [9.17, 15) is 9.59 Å². The van der Waals surface area contributed by atoms with Crippen molar-refractivity contribution in [3.05, 3.63) is 0 Å². The molecule has 2 N–H and O–H groups in total. The van der Waals surface area contributed by atoms with Crippen LogP contribution in [0.3, 0.4) is 0 Å². The predicted octanol–water partition coefficient (Wildman–Crippen LogP) is -1.52. The van der Waals surface area contributed by atoms with Crippen molar-refractivity contribution >= 4 is 23.6 Å². The second kappa shape index (κ2) is 1.77. The second-order valence-corrected chi connectivity index (χ2v) is 1.42. The standard InChI is InChI=1S/C4H3N3O2/c5-4(9)3-2(8)1-6-7-3/h1H,(H2,5,9). The Morgan fingerprint density at radius 2 is 2.33 bits per heavy atom. The number of rotatable bonds is 1. The molecule has 5 nitrogen and oxygen atoms in total. The fourth-order valence-electron chi connectivity index (χ4n) is 0.420. The number of nitrogens with two attached hydrogens (primary N) is 1. The smallest absolute Gasteiger partial charge is 0.273 e. The van der Waals surface area contributed by atoms with Gasteiger partial charge < -0.3 is 5.73 Å². The minimum Gasteiger partial charge on any atom is -0.364 e. The summed E-state index contributed by atoms with van der Waals surface area (Å²) in [5, 5.41) is 6.36. The van der Waals surface area contributed by atoms with E-state index in [1.165, 1.54) is 0 Å². The third-order valence-corrected chi connectivity index (χ3v) is 0.800. The Hall–Kier alpha value is -1.52. The summed E-state index contributed by atoms with van der Waals surface area (Å²) in [7, 11) is 0. The SMILES string of the molecule is NC(=O)C1=NN=CC1=O. The van der Waals surface area contributed by atoms with Crippen LogP contribution in [0.5, 0.6) is 0 Å². The van der Waals surface area contributed by atoms with Gasteiger partial charge in [0, 0.05) is 0 Å². The van der Waals surface area contributed by atoms with Gasteiger partial charge in [-0.2, -0.15) is 5.10 Å². The van der Waals surface area contributed by atoms with Crippen LogP contribution in [0.1, 0.15) is 0 Å². The summed E-state index contributed by atoms with van der Waals surface area (Å²) >= 11 is 0. The highest BCUT2D eigenvalue weighted by molar-refractivity contribution is 6.77. The second-order valence-electron chi connectivity index (χ2n) is 1.42. The molecule has 0 aromatic carbocycles. The van der Waals surface area contributed by atoms with E-state index in [1.807, 2.05) is 0 Å². The average Bonchev–Trinajstić information content (AvgIpc) is 2.13. The lowest BCUT2D eigenvalue weighted by Gasteiger charge is -1.83. The van der Waals surface area contributed by atoms with Gasteiger partial charge in [0.1, 0.15) is 0 Å². The first-order chi connectivity index (χ1) is 4.22. The first kappa shape index (κ1) is 5.61. The summed E-state index contributed by atoms with van der Waals surface area (Å²) in [6.45, 7) is 0. The van der Waals surface area contributed by atoms with E-state index < -0.39 is 11.7 Å². The van der Waals surface area contributed by atoms with Gasteiger partial charge in [-0.3, -0.25) is 9.59 Å². The van der Waals surface area contributed by atoms with Gasteiger partial charge in [0.05, 0.1) is 6.21 Å². The van der Waals surface area contributed by atoms with Gasteiger partial charge in [0.25, 0.3) is 5.91 Å². The van der Waals surface area contributed by atoms with Gasteiger partial charge in [-0.1, -0.05) is 0 Å². The summed E-state index contributed by atoms with van der Waals surface area (Å²) < 4.78 is 0. The van der Waals surface area contributed by atoms with Crippen molar-refractivity contribution in [3.8, 4) is 0 Å². The van der Waals surface area contributed by atoms with E-state index >= 15 is 0 Å². The summed E-state index contributed by atoms with van der Waals surface area (Å²) in [4.78, 5) is 20.6. The molecule has 9 heavy (non-hydrogen) atoms. The fraction of sp³-hybridized carbons (Fsp3) is 0. The number of primary amides is 1. The Kier molecular flexibility index (Phi) is 1.11. The number of carbonyl (C=O) groups is 2. The first-order valence-electron chi connectivity index (χ1n) is 2.17. The number of nitrogens with zero attached hydrogens (tertiary/aromatic N) is 2. The van der Waals surface area contributed by atoms with Crippen molar-refractivity contribution < 1.29 is 9.59 Å². The number of amides is 1. The zero-order valence-corrected chi connectivity index (χ0v) is 4.37. The molecule has 1 rings (SSSR count). The lowest BCUT2D eigenvalue weighted by Crippen LogP contribution is -2.28. The lowest BCUT2D eigenvalue weighted by molar-refractivity contribution is -0.113. The van der Waals surface area contributed by atoms with E-state index in [2.05, 4.69) is 10.2 Å². The molecule has 0 saturated heterocycles. The van der Waals surface area contributed by atoms with Crippen LogP contribution < -0.4 is 5.73 Å². The molecule has 0 fully saturated rings. The molecule has 0 saturated carbocycles. The topological polar surface area (TPSA) is 84.9 Å². The molecule has 5 heteroatoms. The third kappa shape index (κ3) is 0.835. The van der Waals surface area contributed by atoms with Crippen molar-refractivity contribution in [3.63, 3.8) is 0 Å². The molecule has 0 aliphatic carbocycles. The molecule has 1 amide bonds. The Bertz CT molecular complexity index is 228. The van der Waals surface area contributed by atoms with Gasteiger partial charge in [-0.05, 0) is 0 Å². The normalized spacial score (nSPS) is 16.0. The molecule has 46 valence electrons. The summed E-state index contributed by atoms with van der Waals surface area (Å²) in [5.74, 6) is -1.36. The van der Waals surface area contributed by atoms with E-state index in [0.29, 0.717) is 0 Å². The maximum Gasteiger partial charge on any atom is 0.273 e. The zero-order valence-electron chi connectivity index (χ0n) is 4.37. The van der Waals surface area contributed by atoms with Crippen molar-refractivity contribution in [1.29, 1.82) is 0 Å². The number of carbonyl (C=O) groups excluding carboxylic acids is 2. The Balaban J connectivity index is 2.88. The lowest BCUT2D eigenvalue weighted by atomic mass is 10.3. The van der Waals surface area contributed by atoms with Crippen molar-refractivity contribution in [1.82, 2.24) is 0 Å². The Morgan fingerprint density at radius 1 is 1.67 bits per heavy atom.